The summed E-state index contributed by atoms with van der Waals surface area (Å²) in [6, 6.07) is 10.7. The average molecular weight is 337 g/mol. The Bertz CT molecular complexity index is 711. The molecule has 4 heteroatoms. The van der Waals surface area contributed by atoms with Crippen molar-refractivity contribution in [3.8, 4) is 5.75 Å². The molecule has 2 aromatic rings. The molecule has 0 radical (unpaired) electrons. The van der Waals surface area contributed by atoms with Gasteiger partial charge in [-0.05, 0) is 61.2 Å². The van der Waals surface area contributed by atoms with Crippen LogP contribution in [-0.4, -0.2) is 35.1 Å². The van der Waals surface area contributed by atoms with Gasteiger partial charge in [0.25, 0.3) is 0 Å². The molecule has 25 heavy (non-hydrogen) atoms. The fourth-order valence-electron chi connectivity index (χ4n) is 4.05. The maximum Gasteiger partial charge on any atom is 0.123 e. The molecule has 0 aliphatic carbocycles. The lowest BCUT2D eigenvalue weighted by molar-refractivity contribution is 0.0453. The fraction of sp³-hybridized carbons (Fsp3) is 0.476. The van der Waals surface area contributed by atoms with Gasteiger partial charge in [0, 0.05) is 45.0 Å². The van der Waals surface area contributed by atoms with E-state index in [4.69, 9.17) is 4.74 Å². The molecule has 2 atom stereocenters. The van der Waals surface area contributed by atoms with Crippen LogP contribution in [0.1, 0.15) is 36.0 Å². The molecule has 0 saturated carbocycles. The summed E-state index contributed by atoms with van der Waals surface area (Å²) in [6.45, 7) is 7.36. The monoisotopic (exact) mass is 337 g/mol. The molecule has 1 aromatic carbocycles. The summed E-state index contributed by atoms with van der Waals surface area (Å²) in [7, 11) is 0. The molecule has 1 N–H and O–H groups in total. The van der Waals surface area contributed by atoms with Crippen molar-refractivity contribution in [2.75, 3.05) is 19.6 Å². The predicted molar refractivity (Wildman–Crippen MR) is 99.6 cm³/mol. The number of aryl methyl sites for hydroxylation is 1. The van der Waals surface area contributed by atoms with Crippen LogP contribution in [0.2, 0.25) is 0 Å². The van der Waals surface area contributed by atoms with E-state index in [0.29, 0.717) is 0 Å². The minimum atomic E-state index is 0.0664. The lowest BCUT2D eigenvalue weighted by Gasteiger charge is -2.34. The van der Waals surface area contributed by atoms with Crippen LogP contribution in [0, 0.1) is 6.92 Å². The van der Waals surface area contributed by atoms with Crippen molar-refractivity contribution in [2.45, 2.75) is 44.9 Å². The van der Waals surface area contributed by atoms with Gasteiger partial charge in [-0.3, -0.25) is 9.88 Å². The average Bonchev–Trinajstić information content (AvgIpc) is 2.92. The predicted octanol–water partition coefficient (Wildman–Crippen LogP) is 3.30. The molecule has 0 spiro atoms. The maximum absolute atomic E-state index is 6.41. The molecule has 2 aliphatic heterocycles. The van der Waals surface area contributed by atoms with Gasteiger partial charge in [-0.25, -0.2) is 0 Å². The van der Waals surface area contributed by atoms with Gasteiger partial charge in [0.2, 0.25) is 0 Å². The lowest BCUT2D eigenvalue weighted by Crippen LogP contribution is -2.43. The van der Waals surface area contributed by atoms with Gasteiger partial charge >= 0.3 is 0 Å². The molecule has 1 unspecified atom stereocenters. The molecule has 1 aromatic heterocycles. The second-order valence-electron chi connectivity index (χ2n) is 7.46. The number of ether oxygens (including phenoxy) is 1. The highest BCUT2D eigenvalue weighted by atomic mass is 16.5. The number of nitrogens with zero attached hydrogens (tertiary/aromatic N) is 2. The lowest BCUT2D eigenvalue weighted by atomic mass is 9.94. The number of hydrogen-bond donors (Lipinski definition) is 1. The Hall–Kier alpha value is -1.91. The number of rotatable bonds is 6. The zero-order chi connectivity index (χ0) is 17.1. The number of benzene rings is 1. The Morgan fingerprint density at radius 1 is 1.12 bits per heavy atom. The third kappa shape index (κ3) is 3.86. The highest BCUT2D eigenvalue weighted by Gasteiger charge is 2.42. The normalized spacial score (nSPS) is 25.1. The number of aromatic nitrogens is 1. The molecular weight excluding hydrogens is 310 g/mol. The van der Waals surface area contributed by atoms with Crippen LogP contribution >= 0.6 is 0 Å². The highest BCUT2D eigenvalue weighted by molar-refractivity contribution is 5.28. The Morgan fingerprint density at radius 2 is 2.00 bits per heavy atom. The van der Waals surface area contributed by atoms with Gasteiger partial charge in [0.1, 0.15) is 11.4 Å². The van der Waals surface area contributed by atoms with Crippen molar-refractivity contribution < 1.29 is 4.74 Å². The molecule has 0 amide bonds. The summed E-state index contributed by atoms with van der Waals surface area (Å²) in [5, 5.41) is 3.51. The zero-order valence-corrected chi connectivity index (χ0v) is 15.0. The second-order valence-corrected chi connectivity index (χ2v) is 7.46. The Balaban J connectivity index is 1.31. The van der Waals surface area contributed by atoms with Crippen molar-refractivity contribution in [3.05, 3.63) is 59.4 Å². The van der Waals surface area contributed by atoms with Crippen molar-refractivity contribution in [2.24, 2.45) is 0 Å². The van der Waals surface area contributed by atoms with E-state index >= 15 is 0 Å². The molecule has 132 valence electrons. The molecule has 4 nitrogen and oxygen atoms in total. The summed E-state index contributed by atoms with van der Waals surface area (Å²) in [6.07, 6.45) is 7.39. The van der Waals surface area contributed by atoms with Gasteiger partial charge in [-0.2, -0.15) is 0 Å². The van der Waals surface area contributed by atoms with E-state index in [9.17, 15) is 0 Å². The first-order valence-corrected chi connectivity index (χ1v) is 9.33. The zero-order valence-electron chi connectivity index (χ0n) is 15.0. The molecule has 2 aliphatic rings. The standard InChI is InChI=1S/C21H27N3O/c1-17-13-22-10-7-19(17)15-23-14-18-3-5-20(6-4-18)25-21-8-2-11-24(16-21)12-9-21/h3-7,10,13,23H,2,8-9,11-12,14-16H2,1H3/t21-/m1/s1. The van der Waals surface area contributed by atoms with E-state index in [1.165, 1.54) is 49.0 Å². The van der Waals surface area contributed by atoms with E-state index in [0.717, 1.165) is 25.4 Å². The van der Waals surface area contributed by atoms with Crippen LogP contribution < -0.4 is 10.1 Å². The van der Waals surface area contributed by atoms with Crippen LogP contribution in [0.25, 0.3) is 0 Å². The maximum atomic E-state index is 6.41. The van der Waals surface area contributed by atoms with E-state index in [1.54, 1.807) is 0 Å². The number of hydrogen-bond acceptors (Lipinski definition) is 4. The first-order valence-electron chi connectivity index (χ1n) is 9.33. The third-order valence-electron chi connectivity index (χ3n) is 5.54. The van der Waals surface area contributed by atoms with Gasteiger partial charge in [0.15, 0.2) is 0 Å². The largest absolute Gasteiger partial charge is 0.486 e. The minimum absolute atomic E-state index is 0.0664. The van der Waals surface area contributed by atoms with Gasteiger partial charge < -0.3 is 10.1 Å². The summed E-state index contributed by atoms with van der Waals surface area (Å²) in [5.74, 6) is 1.01. The first kappa shape index (κ1) is 16.6. The fourth-order valence-corrected chi connectivity index (χ4v) is 4.05. The Kier molecular flexibility index (Phi) is 4.73. The summed E-state index contributed by atoms with van der Waals surface area (Å²) >= 11 is 0. The highest BCUT2D eigenvalue weighted by Crippen LogP contribution is 2.35. The van der Waals surface area contributed by atoms with Crippen molar-refractivity contribution in [1.82, 2.24) is 15.2 Å². The number of piperidine rings is 1. The smallest absolute Gasteiger partial charge is 0.123 e. The molecule has 2 bridgehead atoms. The van der Waals surface area contributed by atoms with Crippen LogP contribution in [0.5, 0.6) is 5.75 Å². The van der Waals surface area contributed by atoms with Crippen LogP contribution in [0.15, 0.2) is 42.7 Å². The van der Waals surface area contributed by atoms with Crippen LogP contribution in [0.4, 0.5) is 0 Å². The SMILES string of the molecule is Cc1cnccc1CNCc1ccc(O[C@]23CCCN(CC2)C3)cc1. The van der Waals surface area contributed by atoms with E-state index in [2.05, 4.69) is 52.5 Å². The van der Waals surface area contributed by atoms with Crippen molar-refractivity contribution in [3.63, 3.8) is 0 Å². The topological polar surface area (TPSA) is 37.4 Å². The third-order valence-corrected chi connectivity index (χ3v) is 5.54. The molecule has 2 saturated heterocycles. The molecule has 3 heterocycles. The van der Waals surface area contributed by atoms with Gasteiger partial charge in [0.05, 0.1) is 0 Å². The molecule has 2 fully saturated rings. The van der Waals surface area contributed by atoms with Gasteiger partial charge in [-0.1, -0.05) is 12.1 Å². The number of nitrogens with one attached hydrogen (secondary N) is 1. The quantitative estimate of drug-likeness (QED) is 0.878. The van der Waals surface area contributed by atoms with Crippen molar-refractivity contribution in [1.29, 1.82) is 0 Å². The van der Waals surface area contributed by atoms with Crippen molar-refractivity contribution >= 4 is 0 Å². The first-order chi connectivity index (χ1) is 12.2. The molecule has 4 rings (SSSR count). The number of pyridine rings is 1. The Morgan fingerprint density at radius 3 is 2.84 bits per heavy atom. The summed E-state index contributed by atoms with van der Waals surface area (Å²) in [5.41, 5.74) is 3.89. The minimum Gasteiger partial charge on any atom is -0.486 e. The number of fused-ring (bicyclic) bond motifs is 2. The summed E-state index contributed by atoms with van der Waals surface area (Å²) in [4.78, 5) is 6.67. The van der Waals surface area contributed by atoms with Crippen LogP contribution in [0.3, 0.4) is 0 Å². The second kappa shape index (κ2) is 7.14. The van der Waals surface area contributed by atoms with Crippen LogP contribution in [-0.2, 0) is 13.1 Å². The van der Waals surface area contributed by atoms with Gasteiger partial charge in [-0.15, -0.1) is 0 Å². The van der Waals surface area contributed by atoms with E-state index in [-0.39, 0.29) is 5.60 Å². The Labute approximate surface area is 150 Å². The summed E-state index contributed by atoms with van der Waals surface area (Å²) < 4.78 is 6.41. The van der Waals surface area contributed by atoms with E-state index in [1.807, 2.05) is 12.4 Å². The molecular formula is C21H27N3O. The van der Waals surface area contributed by atoms with E-state index < -0.39 is 0 Å².